The fourth-order valence-electron chi connectivity index (χ4n) is 3.98. The molecule has 6 heterocycles. The lowest BCUT2D eigenvalue weighted by molar-refractivity contribution is 0.199. The smallest absolute Gasteiger partial charge is 0.178 e. The lowest BCUT2D eigenvalue weighted by atomic mass is 10.1. The Morgan fingerprint density at radius 3 is 2.81 bits per heavy atom. The molecule has 0 aliphatic rings. The number of aliphatic hydroxyl groups is 1. The van der Waals surface area contributed by atoms with E-state index in [1.165, 1.54) is 18.5 Å². The van der Waals surface area contributed by atoms with Crippen LogP contribution in [0.3, 0.4) is 0 Å². The molecule has 0 spiro atoms. The second-order valence-electron chi connectivity index (χ2n) is 8.06. The molecule has 180 valence electrons. The van der Waals surface area contributed by atoms with Gasteiger partial charge in [0.25, 0.3) is 0 Å². The normalized spacial score (nSPS) is 12.4. The van der Waals surface area contributed by atoms with E-state index >= 15 is 4.39 Å². The summed E-state index contributed by atoms with van der Waals surface area (Å²) in [5.41, 5.74) is 3.44. The molecule has 36 heavy (non-hydrogen) atoms. The number of H-pyrrole nitrogens is 2. The number of fused-ring (bicyclic) bond motifs is 2. The molecule has 9 nitrogen and oxygen atoms in total. The molecule has 6 rings (SSSR count). The first-order valence-corrected chi connectivity index (χ1v) is 11.9. The van der Waals surface area contributed by atoms with Crippen molar-refractivity contribution < 1.29 is 13.9 Å². The second kappa shape index (κ2) is 8.73. The lowest BCUT2D eigenvalue weighted by Gasteiger charge is -2.12. The third kappa shape index (κ3) is 3.76. The molecule has 0 aromatic carbocycles. The maximum atomic E-state index is 15.9. The number of pyridine rings is 3. The van der Waals surface area contributed by atoms with Gasteiger partial charge in [0.1, 0.15) is 17.6 Å². The van der Waals surface area contributed by atoms with Crippen molar-refractivity contribution in [3.63, 3.8) is 0 Å². The number of hydrogen-bond acceptors (Lipinski definition) is 8. The number of hydrogen-bond donors (Lipinski definition) is 4. The van der Waals surface area contributed by atoms with Crippen molar-refractivity contribution >= 4 is 39.1 Å². The van der Waals surface area contributed by atoms with E-state index in [0.717, 1.165) is 16.9 Å². The molecule has 0 saturated heterocycles. The van der Waals surface area contributed by atoms with Gasteiger partial charge in [-0.3, -0.25) is 15.1 Å². The van der Waals surface area contributed by atoms with Crippen LogP contribution >= 0.6 is 11.3 Å². The van der Waals surface area contributed by atoms with E-state index < -0.39 is 12.0 Å². The maximum Gasteiger partial charge on any atom is 0.178 e. The fourth-order valence-corrected chi connectivity index (χ4v) is 4.74. The molecular weight excluding hydrogens is 486 g/mol. The van der Waals surface area contributed by atoms with Crippen LogP contribution in [0.5, 0.6) is 0 Å². The van der Waals surface area contributed by atoms with Crippen molar-refractivity contribution in [1.29, 1.82) is 0 Å². The highest BCUT2D eigenvalue weighted by molar-refractivity contribution is 7.14. The first kappa shape index (κ1) is 22.2. The number of halogens is 2. The quantitative estimate of drug-likeness (QED) is 0.232. The Morgan fingerprint density at radius 1 is 1.11 bits per heavy atom. The molecule has 0 bridgehead atoms. The second-order valence-corrected chi connectivity index (χ2v) is 9.09. The minimum Gasteiger partial charge on any atom is -0.374 e. The molecule has 0 radical (unpaired) electrons. The molecule has 0 aliphatic carbocycles. The molecule has 6 aromatic heterocycles. The van der Waals surface area contributed by atoms with Crippen molar-refractivity contribution in [1.82, 2.24) is 35.1 Å². The molecule has 0 fully saturated rings. The van der Waals surface area contributed by atoms with Gasteiger partial charge in [0.2, 0.25) is 0 Å². The highest BCUT2D eigenvalue weighted by Gasteiger charge is 2.22. The van der Waals surface area contributed by atoms with E-state index in [1.54, 1.807) is 30.6 Å². The van der Waals surface area contributed by atoms with E-state index in [4.69, 9.17) is 0 Å². The van der Waals surface area contributed by atoms with Crippen molar-refractivity contribution in [2.75, 3.05) is 5.32 Å². The largest absolute Gasteiger partial charge is 0.374 e. The van der Waals surface area contributed by atoms with Crippen LogP contribution in [0.4, 0.5) is 14.5 Å². The van der Waals surface area contributed by atoms with Gasteiger partial charge in [-0.25, -0.2) is 14.4 Å². The molecular formula is C24H18F2N8OS. The summed E-state index contributed by atoms with van der Waals surface area (Å²) >= 11 is 1.01. The number of aliphatic hydroxyl groups excluding tert-OH is 1. The summed E-state index contributed by atoms with van der Waals surface area (Å²) < 4.78 is 29.5. The maximum absolute atomic E-state index is 15.9. The van der Waals surface area contributed by atoms with Crippen LogP contribution in [0.15, 0.2) is 49.1 Å². The Morgan fingerprint density at radius 2 is 2.00 bits per heavy atom. The molecule has 4 N–H and O–H groups in total. The first-order valence-electron chi connectivity index (χ1n) is 11.0. The van der Waals surface area contributed by atoms with Gasteiger partial charge < -0.3 is 15.4 Å². The Labute approximate surface area is 206 Å². The highest BCUT2D eigenvalue weighted by atomic mass is 32.1. The van der Waals surface area contributed by atoms with Gasteiger partial charge in [0.05, 0.1) is 34.5 Å². The number of thiophene rings is 1. The lowest BCUT2D eigenvalue weighted by Crippen LogP contribution is -2.17. The molecule has 12 heteroatoms. The van der Waals surface area contributed by atoms with E-state index in [-0.39, 0.29) is 21.9 Å². The van der Waals surface area contributed by atoms with Gasteiger partial charge in [0, 0.05) is 28.4 Å². The predicted molar refractivity (Wildman–Crippen MR) is 133 cm³/mol. The third-order valence-corrected chi connectivity index (χ3v) is 6.64. The number of nitrogens with zero attached hydrogens (tertiary/aromatic N) is 5. The van der Waals surface area contributed by atoms with Crippen LogP contribution < -0.4 is 5.32 Å². The zero-order valence-corrected chi connectivity index (χ0v) is 19.6. The number of nitrogens with one attached hydrogen (secondary N) is 3. The molecule has 6 aromatic rings. The minimum absolute atomic E-state index is 0.0799. The average molecular weight is 505 g/mol. The molecule has 0 saturated carbocycles. The Balaban J connectivity index is 1.46. The standard InChI is InChI=1S/C24H18F2N8OS/c1-2-17(35)30-12-7-11(8-27-9-12)20-19(26)18-14(10-29-20)33-34-22(18)24-31-21-13(5-6-28-23(21)32-24)15-3-4-16(25)36-15/h3-10,17,30,35H,2H2,1H3,(H,33,34)(H,28,31,32). The molecule has 1 atom stereocenters. The van der Waals surface area contributed by atoms with Crippen molar-refractivity contribution in [3.05, 3.63) is 60.0 Å². The molecule has 0 aliphatic heterocycles. The van der Waals surface area contributed by atoms with Crippen molar-refractivity contribution in [2.24, 2.45) is 0 Å². The van der Waals surface area contributed by atoms with Crippen molar-refractivity contribution in [3.8, 4) is 33.2 Å². The van der Waals surface area contributed by atoms with Crippen molar-refractivity contribution in [2.45, 2.75) is 19.6 Å². The Kier molecular flexibility index (Phi) is 5.38. The first-order chi connectivity index (χ1) is 17.5. The minimum atomic E-state index is -0.750. The molecule has 1 unspecified atom stereocenters. The number of anilines is 1. The van der Waals surface area contributed by atoms with Crippen LogP contribution in [0, 0.1) is 10.9 Å². The summed E-state index contributed by atoms with van der Waals surface area (Å²) in [5.74, 6) is -0.288. The van der Waals surface area contributed by atoms with Crippen LogP contribution in [-0.2, 0) is 0 Å². The van der Waals surface area contributed by atoms with Gasteiger partial charge in [-0.05, 0) is 30.7 Å². The summed E-state index contributed by atoms with van der Waals surface area (Å²) in [6.45, 7) is 1.83. The summed E-state index contributed by atoms with van der Waals surface area (Å²) in [6.07, 6.45) is 5.87. The van der Waals surface area contributed by atoms with Crippen LogP contribution in [-0.4, -0.2) is 46.5 Å². The van der Waals surface area contributed by atoms with E-state index in [9.17, 15) is 9.50 Å². The number of rotatable bonds is 6. The van der Waals surface area contributed by atoms with Gasteiger partial charge in [-0.2, -0.15) is 9.49 Å². The van der Waals surface area contributed by atoms with E-state index in [1.807, 2.05) is 6.92 Å². The Bertz CT molecular complexity index is 1730. The van der Waals surface area contributed by atoms with Gasteiger partial charge >= 0.3 is 0 Å². The van der Waals surface area contributed by atoms with E-state index in [0.29, 0.717) is 45.1 Å². The van der Waals surface area contributed by atoms with Gasteiger partial charge in [-0.15, -0.1) is 11.3 Å². The van der Waals surface area contributed by atoms with Crippen LogP contribution in [0.2, 0.25) is 0 Å². The topological polar surface area (TPSA) is 128 Å². The SMILES string of the molecule is CCC(O)Nc1cncc(-c2ncc3[nH]nc(-c4nc5nccc(-c6ccc(F)s6)c5[nH]4)c3c2F)c1. The molecule has 0 amide bonds. The van der Waals surface area contributed by atoms with Gasteiger partial charge in [0.15, 0.2) is 22.4 Å². The van der Waals surface area contributed by atoms with Crippen LogP contribution in [0.25, 0.3) is 55.3 Å². The Hall–Kier alpha value is -4.29. The summed E-state index contributed by atoms with van der Waals surface area (Å²) in [5, 5.41) is 19.8. The average Bonchev–Trinajstić information content (AvgIpc) is 3.62. The third-order valence-electron chi connectivity index (χ3n) is 5.73. The van der Waals surface area contributed by atoms with E-state index in [2.05, 4.69) is 40.4 Å². The number of imidazole rings is 1. The predicted octanol–water partition coefficient (Wildman–Crippen LogP) is 5.11. The fraction of sp³-hybridized carbons (Fsp3) is 0.125. The zero-order chi connectivity index (χ0) is 24.8. The number of aromatic amines is 2. The zero-order valence-electron chi connectivity index (χ0n) is 18.8. The summed E-state index contributed by atoms with van der Waals surface area (Å²) in [4.78, 5) is 21.1. The highest BCUT2D eigenvalue weighted by Crippen LogP contribution is 2.35. The number of aromatic nitrogens is 7. The van der Waals surface area contributed by atoms with Gasteiger partial charge in [-0.1, -0.05) is 6.92 Å². The monoisotopic (exact) mass is 504 g/mol. The summed E-state index contributed by atoms with van der Waals surface area (Å²) in [6, 6.07) is 6.52. The van der Waals surface area contributed by atoms with Crippen LogP contribution in [0.1, 0.15) is 13.3 Å². The summed E-state index contributed by atoms with van der Waals surface area (Å²) in [7, 11) is 0.